The van der Waals surface area contributed by atoms with Crippen LogP contribution in [0.1, 0.15) is 37.2 Å². The Morgan fingerprint density at radius 3 is 2.63 bits per heavy atom. The Bertz CT molecular complexity index is 534. The second kappa shape index (κ2) is 6.75. The SMILES string of the molecule is CCCn1c(CC)nnc1SCc1ccccc1C. The molecule has 0 radical (unpaired) electrons. The molecular formula is C15H21N3S. The van der Waals surface area contributed by atoms with E-state index < -0.39 is 0 Å². The standard InChI is InChI=1S/C15H21N3S/c1-4-10-18-14(5-2)16-17-15(18)19-11-13-9-7-6-8-12(13)3/h6-9H,4-5,10-11H2,1-3H3. The molecule has 4 heteroatoms. The van der Waals surface area contributed by atoms with Gasteiger partial charge in [-0.05, 0) is 24.5 Å². The van der Waals surface area contributed by atoms with Crippen molar-refractivity contribution in [2.45, 2.75) is 51.1 Å². The highest BCUT2D eigenvalue weighted by atomic mass is 32.2. The second-order valence-corrected chi connectivity index (χ2v) is 5.56. The Balaban J connectivity index is 2.11. The first-order valence-electron chi connectivity index (χ1n) is 6.85. The highest BCUT2D eigenvalue weighted by molar-refractivity contribution is 7.98. The van der Waals surface area contributed by atoms with Crippen molar-refractivity contribution in [3.63, 3.8) is 0 Å². The topological polar surface area (TPSA) is 30.7 Å². The quantitative estimate of drug-likeness (QED) is 0.750. The van der Waals surface area contributed by atoms with Crippen molar-refractivity contribution in [3.05, 3.63) is 41.2 Å². The van der Waals surface area contributed by atoms with Gasteiger partial charge in [-0.1, -0.05) is 49.9 Å². The van der Waals surface area contributed by atoms with E-state index in [1.807, 2.05) is 0 Å². The van der Waals surface area contributed by atoms with Crippen LogP contribution in [0.3, 0.4) is 0 Å². The molecule has 1 heterocycles. The minimum Gasteiger partial charge on any atom is -0.306 e. The van der Waals surface area contributed by atoms with Crippen LogP contribution in [0.25, 0.3) is 0 Å². The van der Waals surface area contributed by atoms with Gasteiger partial charge in [0.15, 0.2) is 5.16 Å². The van der Waals surface area contributed by atoms with E-state index in [9.17, 15) is 0 Å². The van der Waals surface area contributed by atoms with Crippen molar-refractivity contribution >= 4 is 11.8 Å². The third kappa shape index (κ3) is 3.38. The van der Waals surface area contributed by atoms with Gasteiger partial charge in [-0.25, -0.2) is 0 Å². The number of nitrogens with zero attached hydrogens (tertiary/aromatic N) is 3. The first kappa shape index (κ1) is 14.1. The van der Waals surface area contributed by atoms with Gasteiger partial charge in [-0.15, -0.1) is 10.2 Å². The van der Waals surface area contributed by atoms with Crippen molar-refractivity contribution < 1.29 is 0 Å². The summed E-state index contributed by atoms with van der Waals surface area (Å²) in [5.41, 5.74) is 2.71. The molecule has 0 N–H and O–H groups in total. The van der Waals surface area contributed by atoms with Crippen LogP contribution in [0, 0.1) is 6.92 Å². The average Bonchev–Trinajstić information content (AvgIpc) is 2.81. The molecule has 2 rings (SSSR count). The minimum atomic E-state index is 0.942. The molecule has 2 aromatic rings. The summed E-state index contributed by atoms with van der Waals surface area (Å²) in [6.07, 6.45) is 2.06. The molecule has 0 atom stereocenters. The summed E-state index contributed by atoms with van der Waals surface area (Å²) in [7, 11) is 0. The smallest absolute Gasteiger partial charge is 0.191 e. The molecule has 1 aromatic carbocycles. The summed E-state index contributed by atoms with van der Waals surface area (Å²) in [5, 5.41) is 9.65. The maximum absolute atomic E-state index is 4.33. The second-order valence-electron chi connectivity index (χ2n) is 4.62. The molecule has 0 aliphatic carbocycles. The van der Waals surface area contributed by atoms with Gasteiger partial charge in [0.1, 0.15) is 5.82 Å². The zero-order valence-corrected chi connectivity index (χ0v) is 12.7. The molecule has 0 saturated heterocycles. The predicted molar refractivity (Wildman–Crippen MR) is 80.4 cm³/mol. The van der Waals surface area contributed by atoms with E-state index >= 15 is 0 Å². The lowest BCUT2D eigenvalue weighted by Gasteiger charge is -2.08. The first-order chi connectivity index (χ1) is 9.26. The van der Waals surface area contributed by atoms with Gasteiger partial charge in [-0.3, -0.25) is 0 Å². The molecule has 0 spiro atoms. The van der Waals surface area contributed by atoms with Gasteiger partial charge < -0.3 is 4.57 Å². The van der Waals surface area contributed by atoms with Crippen LogP contribution >= 0.6 is 11.8 Å². The van der Waals surface area contributed by atoms with E-state index in [0.717, 1.165) is 36.1 Å². The Morgan fingerprint density at radius 1 is 1.16 bits per heavy atom. The number of benzene rings is 1. The van der Waals surface area contributed by atoms with Crippen LogP contribution in [0.5, 0.6) is 0 Å². The molecule has 0 fully saturated rings. The Kier molecular flexibility index (Phi) is 5.02. The monoisotopic (exact) mass is 275 g/mol. The van der Waals surface area contributed by atoms with Crippen molar-refractivity contribution in [2.24, 2.45) is 0 Å². The normalized spacial score (nSPS) is 10.9. The van der Waals surface area contributed by atoms with Crippen LogP contribution < -0.4 is 0 Å². The molecule has 3 nitrogen and oxygen atoms in total. The summed E-state index contributed by atoms with van der Waals surface area (Å²) in [5.74, 6) is 2.05. The summed E-state index contributed by atoms with van der Waals surface area (Å²) in [4.78, 5) is 0. The third-order valence-corrected chi connectivity index (χ3v) is 4.19. The number of aromatic nitrogens is 3. The van der Waals surface area contributed by atoms with Gasteiger partial charge in [0.2, 0.25) is 0 Å². The van der Waals surface area contributed by atoms with Crippen molar-refractivity contribution in [2.75, 3.05) is 0 Å². The van der Waals surface area contributed by atoms with Crippen LogP contribution in [-0.4, -0.2) is 14.8 Å². The van der Waals surface area contributed by atoms with Crippen molar-refractivity contribution in [3.8, 4) is 0 Å². The van der Waals surface area contributed by atoms with E-state index in [1.165, 1.54) is 11.1 Å². The summed E-state index contributed by atoms with van der Waals surface area (Å²) >= 11 is 1.78. The summed E-state index contributed by atoms with van der Waals surface area (Å²) in [6, 6.07) is 8.52. The first-order valence-corrected chi connectivity index (χ1v) is 7.84. The third-order valence-electron chi connectivity index (χ3n) is 3.17. The fraction of sp³-hybridized carbons (Fsp3) is 0.467. The molecule has 1 aromatic heterocycles. The molecule has 0 unspecified atom stereocenters. The van der Waals surface area contributed by atoms with E-state index in [0.29, 0.717) is 0 Å². The number of aryl methyl sites for hydroxylation is 2. The molecule has 0 amide bonds. The van der Waals surface area contributed by atoms with E-state index in [4.69, 9.17) is 0 Å². The lowest BCUT2D eigenvalue weighted by molar-refractivity contribution is 0.595. The molecule has 0 aliphatic heterocycles. The predicted octanol–water partition coefficient (Wildman–Crippen LogP) is 3.85. The number of rotatable bonds is 6. The Morgan fingerprint density at radius 2 is 1.95 bits per heavy atom. The minimum absolute atomic E-state index is 0.942. The van der Waals surface area contributed by atoms with Crippen molar-refractivity contribution in [1.82, 2.24) is 14.8 Å². The number of hydrogen-bond acceptors (Lipinski definition) is 3. The van der Waals surface area contributed by atoms with Gasteiger partial charge in [0.05, 0.1) is 0 Å². The summed E-state index contributed by atoms with van der Waals surface area (Å²) in [6.45, 7) is 7.48. The van der Waals surface area contributed by atoms with Crippen LogP contribution in [-0.2, 0) is 18.7 Å². The highest BCUT2D eigenvalue weighted by Gasteiger charge is 2.10. The van der Waals surface area contributed by atoms with Gasteiger partial charge in [-0.2, -0.15) is 0 Å². The zero-order valence-electron chi connectivity index (χ0n) is 11.9. The molecular weight excluding hydrogens is 254 g/mol. The van der Waals surface area contributed by atoms with Crippen molar-refractivity contribution in [1.29, 1.82) is 0 Å². The van der Waals surface area contributed by atoms with Gasteiger partial charge in [0.25, 0.3) is 0 Å². The van der Waals surface area contributed by atoms with E-state index in [-0.39, 0.29) is 0 Å². The van der Waals surface area contributed by atoms with Crippen LogP contribution in [0.4, 0.5) is 0 Å². The van der Waals surface area contributed by atoms with Gasteiger partial charge in [0, 0.05) is 18.7 Å². The zero-order chi connectivity index (χ0) is 13.7. The largest absolute Gasteiger partial charge is 0.306 e. The Hall–Kier alpha value is -1.29. The lowest BCUT2D eigenvalue weighted by atomic mass is 10.1. The van der Waals surface area contributed by atoms with E-state index in [1.54, 1.807) is 11.8 Å². The Labute approximate surface area is 119 Å². The maximum atomic E-state index is 4.33. The fourth-order valence-electron chi connectivity index (χ4n) is 2.05. The van der Waals surface area contributed by atoms with Crippen LogP contribution in [0.2, 0.25) is 0 Å². The molecule has 0 saturated carbocycles. The molecule has 19 heavy (non-hydrogen) atoms. The molecule has 0 aliphatic rings. The number of hydrogen-bond donors (Lipinski definition) is 0. The number of thioether (sulfide) groups is 1. The van der Waals surface area contributed by atoms with E-state index in [2.05, 4.69) is 59.8 Å². The maximum Gasteiger partial charge on any atom is 0.191 e. The lowest BCUT2D eigenvalue weighted by Crippen LogP contribution is -2.04. The van der Waals surface area contributed by atoms with Gasteiger partial charge >= 0.3 is 0 Å². The average molecular weight is 275 g/mol. The fourth-order valence-corrected chi connectivity index (χ4v) is 3.11. The highest BCUT2D eigenvalue weighted by Crippen LogP contribution is 2.23. The molecule has 102 valence electrons. The molecule has 0 bridgehead atoms. The van der Waals surface area contributed by atoms with Crippen LogP contribution in [0.15, 0.2) is 29.4 Å². The summed E-state index contributed by atoms with van der Waals surface area (Å²) < 4.78 is 2.25.